The number of benzene rings is 2. The number of rotatable bonds is 11. The topological polar surface area (TPSA) is 47.6 Å². The summed E-state index contributed by atoms with van der Waals surface area (Å²) in [5.41, 5.74) is 2.71. The van der Waals surface area contributed by atoms with Gasteiger partial charge in [0.15, 0.2) is 0 Å². The minimum atomic E-state index is -0.0914. The van der Waals surface area contributed by atoms with E-state index in [0.29, 0.717) is 24.5 Å². The Bertz CT molecular complexity index is 755. The van der Waals surface area contributed by atoms with Crippen molar-refractivity contribution in [2.45, 2.75) is 33.1 Å². The lowest BCUT2D eigenvalue weighted by Crippen LogP contribution is -2.24. The lowest BCUT2D eigenvalue weighted by atomic mass is 10.1. The van der Waals surface area contributed by atoms with Crippen LogP contribution in [0, 0.1) is 0 Å². The highest BCUT2D eigenvalue weighted by molar-refractivity contribution is 5.94. The minimum Gasteiger partial charge on any atom is -0.493 e. The Hall–Kier alpha value is -2.75. The molecule has 0 saturated carbocycles. The second-order valence-electron chi connectivity index (χ2n) is 6.59. The number of hydrogen-bond acceptors (Lipinski definition) is 3. The van der Waals surface area contributed by atoms with E-state index in [0.717, 1.165) is 37.2 Å². The Morgan fingerprint density at radius 1 is 1.11 bits per heavy atom. The molecular weight excluding hydrogens is 338 g/mol. The van der Waals surface area contributed by atoms with Crippen molar-refractivity contribution in [1.82, 2.24) is 5.32 Å². The number of nitrogens with one attached hydrogen (secondary N) is 1. The monoisotopic (exact) mass is 367 g/mol. The Balaban J connectivity index is 1.81. The molecule has 0 saturated heterocycles. The highest BCUT2D eigenvalue weighted by atomic mass is 16.5. The van der Waals surface area contributed by atoms with E-state index in [4.69, 9.17) is 9.47 Å². The van der Waals surface area contributed by atoms with Crippen molar-refractivity contribution in [3.8, 4) is 11.5 Å². The van der Waals surface area contributed by atoms with Crippen LogP contribution in [0.4, 0.5) is 0 Å². The van der Waals surface area contributed by atoms with Crippen LogP contribution in [-0.2, 0) is 6.42 Å². The average Bonchev–Trinajstić information content (AvgIpc) is 2.68. The van der Waals surface area contributed by atoms with Crippen molar-refractivity contribution in [2.24, 2.45) is 0 Å². The maximum Gasteiger partial charge on any atom is 0.251 e. The third kappa shape index (κ3) is 7.18. The number of aryl methyl sites for hydroxylation is 1. The zero-order valence-electron chi connectivity index (χ0n) is 16.3. The van der Waals surface area contributed by atoms with Crippen molar-refractivity contribution in [2.75, 3.05) is 19.8 Å². The molecule has 4 heteroatoms. The first-order valence-electron chi connectivity index (χ1n) is 9.46. The molecule has 0 aliphatic rings. The second-order valence-corrected chi connectivity index (χ2v) is 6.59. The standard InChI is InChI=1S/C23H29NO3/c1-4-15-26-22-13-6-5-9-19(22)11-8-14-24-23(25)20-10-7-12-21(16-20)27-17-18(2)3/h5-7,9-10,12-13,16H,2,4,8,11,14-15,17H2,1,3H3,(H,24,25). The van der Waals surface area contributed by atoms with Crippen LogP contribution in [0.25, 0.3) is 0 Å². The molecule has 0 aliphatic heterocycles. The van der Waals surface area contributed by atoms with Gasteiger partial charge in [-0.25, -0.2) is 0 Å². The fourth-order valence-electron chi connectivity index (χ4n) is 2.58. The van der Waals surface area contributed by atoms with Gasteiger partial charge in [-0.2, -0.15) is 0 Å². The summed E-state index contributed by atoms with van der Waals surface area (Å²) in [6, 6.07) is 15.3. The highest BCUT2D eigenvalue weighted by Crippen LogP contribution is 2.19. The van der Waals surface area contributed by atoms with Crippen LogP contribution in [0.15, 0.2) is 60.7 Å². The summed E-state index contributed by atoms with van der Waals surface area (Å²) in [6.07, 6.45) is 2.70. The van der Waals surface area contributed by atoms with E-state index >= 15 is 0 Å². The van der Waals surface area contributed by atoms with Gasteiger partial charge in [-0.05, 0) is 61.6 Å². The highest BCUT2D eigenvalue weighted by Gasteiger charge is 2.07. The molecule has 144 valence electrons. The molecule has 0 unspecified atom stereocenters. The van der Waals surface area contributed by atoms with E-state index in [1.807, 2.05) is 37.3 Å². The summed E-state index contributed by atoms with van der Waals surface area (Å²) in [5, 5.41) is 2.97. The fourth-order valence-corrected chi connectivity index (χ4v) is 2.58. The van der Waals surface area contributed by atoms with Crippen LogP contribution in [0.1, 0.15) is 42.6 Å². The van der Waals surface area contributed by atoms with Gasteiger partial charge in [-0.1, -0.05) is 37.8 Å². The molecule has 0 aromatic heterocycles. The predicted molar refractivity (Wildman–Crippen MR) is 110 cm³/mol. The third-order valence-electron chi connectivity index (χ3n) is 3.92. The van der Waals surface area contributed by atoms with Gasteiger partial charge in [0, 0.05) is 12.1 Å². The predicted octanol–water partition coefficient (Wildman–Crippen LogP) is 4.79. The number of carbonyl (C=O) groups is 1. The molecule has 27 heavy (non-hydrogen) atoms. The largest absolute Gasteiger partial charge is 0.493 e. The van der Waals surface area contributed by atoms with E-state index < -0.39 is 0 Å². The first-order valence-corrected chi connectivity index (χ1v) is 9.46. The molecule has 0 atom stereocenters. The van der Waals surface area contributed by atoms with Crippen LogP contribution in [-0.4, -0.2) is 25.7 Å². The molecule has 2 aromatic carbocycles. The molecule has 0 radical (unpaired) electrons. The number of amides is 1. The van der Waals surface area contributed by atoms with Crippen molar-refractivity contribution in [3.05, 3.63) is 71.8 Å². The van der Waals surface area contributed by atoms with E-state index in [-0.39, 0.29) is 5.91 Å². The summed E-state index contributed by atoms with van der Waals surface area (Å²) in [4.78, 5) is 12.3. The molecule has 0 bridgehead atoms. The molecule has 0 fully saturated rings. The quantitative estimate of drug-likeness (QED) is 0.459. The van der Waals surface area contributed by atoms with Crippen LogP contribution in [0.3, 0.4) is 0 Å². The molecule has 1 N–H and O–H groups in total. The van der Waals surface area contributed by atoms with E-state index in [2.05, 4.69) is 24.9 Å². The Kier molecular flexibility index (Phi) is 8.43. The van der Waals surface area contributed by atoms with Gasteiger partial charge in [0.2, 0.25) is 0 Å². The molecule has 0 aliphatic carbocycles. The Morgan fingerprint density at radius 3 is 2.70 bits per heavy atom. The van der Waals surface area contributed by atoms with Gasteiger partial charge in [0.1, 0.15) is 18.1 Å². The maximum absolute atomic E-state index is 12.3. The summed E-state index contributed by atoms with van der Waals surface area (Å²) < 4.78 is 11.4. The summed E-state index contributed by atoms with van der Waals surface area (Å²) in [5.74, 6) is 1.52. The number of ether oxygens (including phenoxy) is 2. The number of carbonyl (C=O) groups excluding carboxylic acids is 1. The smallest absolute Gasteiger partial charge is 0.251 e. The second kappa shape index (κ2) is 11.1. The zero-order chi connectivity index (χ0) is 19.5. The van der Waals surface area contributed by atoms with Gasteiger partial charge < -0.3 is 14.8 Å². The summed E-state index contributed by atoms with van der Waals surface area (Å²) >= 11 is 0. The van der Waals surface area contributed by atoms with Crippen LogP contribution in [0.5, 0.6) is 11.5 Å². The fraction of sp³-hybridized carbons (Fsp3) is 0.348. The SMILES string of the molecule is C=C(C)COc1cccc(C(=O)NCCCc2ccccc2OCCC)c1. The van der Waals surface area contributed by atoms with Crippen LogP contribution < -0.4 is 14.8 Å². The Morgan fingerprint density at radius 2 is 1.93 bits per heavy atom. The van der Waals surface area contributed by atoms with Crippen molar-refractivity contribution in [3.63, 3.8) is 0 Å². The third-order valence-corrected chi connectivity index (χ3v) is 3.92. The molecular formula is C23H29NO3. The molecule has 0 spiro atoms. The average molecular weight is 367 g/mol. The van der Waals surface area contributed by atoms with E-state index in [9.17, 15) is 4.79 Å². The van der Waals surface area contributed by atoms with Crippen molar-refractivity contribution >= 4 is 5.91 Å². The zero-order valence-corrected chi connectivity index (χ0v) is 16.3. The number of hydrogen-bond donors (Lipinski definition) is 1. The van der Waals surface area contributed by atoms with Gasteiger partial charge in [0.25, 0.3) is 5.91 Å². The van der Waals surface area contributed by atoms with E-state index in [1.54, 1.807) is 12.1 Å². The first-order chi connectivity index (χ1) is 13.1. The molecule has 2 rings (SSSR count). The molecule has 0 heterocycles. The van der Waals surface area contributed by atoms with Gasteiger partial charge in [-0.15, -0.1) is 0 Å². The van der Waals surface area contributed by atoms with E-state index in [1.165, 1.54) is 5.56 Å². The van der Waals surface area contributed by atoms with Crippen molar-refractivity contribution in [1.29, 1.82) is 0 Å². The summed E-state index contributed by atoms with van der Waals surface area (Å²) in [7, 11) is 0. The van der Waals surface area contributed by atoms with Crippen molar-refractivity contribution < 1.29 is 14.3 Å². The Labute approximate surface area is 162 Å². The van der Waals surface area contributed by atoms with Gasteiger partial charge in [-0.3, -0.25) is 4.79 Å². The first kappa shape index (κ1) is 20.6. The minimum absolute atomic E-state index is 0.0914. The van der Waals surface area contributed by atoms with Crippen LogP contribution in [0.2, 0.25) is 0 Å². The number of para-hydroxylation sites is 1. The molecule has 1 amide bonds. The maximum atomic E-state index is 12.3. The lowest BCUT2D eigenvalue weighted by molar-refractivity contribution is 0.0953. The van der Waals surface area contributed by atoms with Crippen LogP contribution >= 0.6 is 0 Å². The molecule has 4 nitrogen and oxygen atoms in total. The lowest BCUT2D eigenvalue weighted by Gasteiger charge is -2.11. The normalized spacial score (nSPS) is 10.3. The summed E-state index contributed by atoms with van der Waals surface area (Å²) in [6.45, 7) is 9.59. The van der Waals surface area contributed by atoms with Gasteiger partial charge in [0.05, 0.1) is 6.61 Å². The molecule has 2 aromatic rings. The van der Waals surface area contributed by atoms with Gasteiger partial charge >= 0.3 is 0 Å².